The van der Waals surface area contributed by atoms with E-state index < -0.39 is 13.0 Å². The van der Waals surface area contributed by atoms with Gasteiger partial charge in [-0.15, -0.1) is 0 Å². The Kier molecular flexibility index (Phi) is 2.36. The zero-order valence-corrected chi connectivity index (χ0v) is 4.85. The molecule has 0 spiro atoms. The number of epoxide rings is 1. The summed E-state index contributed by atoms with van der Waals surface area (Å²) in [5.41, 5.74) is 0. The lowest BCUT2D eigenvalue weighted by molar-refractivity contribution is 0.0122. The monoisotopic (exact) mass is 138 g/mol. The van der Waals surface area contributed by atoms with Crippen LogP contribution in [0.5, 0.6) is 0 Å². The molecular formula is C5H8F2O2. The maximum Gasteiger partial charge on any atom is 0.261 e. The predicted molar refractivity (Wildman–Crippen MR) is 26.6 cm³/mol. The lowest BCUT2D eigenvalue weighted by Gasteiger charge is -1.98. The van der Waals surface area contributed by atoms with Gasteiger partial charge < -0.3 is 9.47 Å². The molecule has 0 aromatic rings. The van der Waals surface area contributed by atoms with Crippen molar-refractivity contribution in [1.82, 2.24) is 0 Å². The standard InChI is InChI=1S/C5H8F2O2/c6-5(7)3-8-1-4-2-9-4/h4-5H,1-3H2. The van der Waals surface area contributed by atoms with Gasteiger partial charge >= 0.3 is 0 Å². The number of hydrogen-bond acceptors (Lipinski definition) is 2. The Labute approximate surface area is 51.8 Å². The van der Waals surface area contributed by atoms with Gasteiger partial charge in [0.25, 0.3) is 6.43 Å². The minimum Gasteiger partial charge on any atom is -0.373 e. The van der Waals surface area contributed by atoms with Crippen LogP contribution in [0.2, 0.25) is 0 Å². The van der Waals surface area contributed by atoms with Crippen molar-refractivity contribution in [3.8, 4) is 0 Å². The van der Waals surface area contributed by atoms with Crippen molar-refractivity contribution < 1.29 is 18.3 Å². The number of rotatable bonds is 4. The van der Waals surface area contributed by atoms with E-state index in [1.54, 1.807) is 0 Å². The molecule has 54 valence electrons. The highest BCUT2D eigenvalue weighted by Crippen LogP contribution is 2.08. The number of hydrogen-bond donors (Lipinski definition) is 0. The smallest absolute Gasteiger partial charge is 0.261 e. The maximum atomic E-state index is 11.3. The molecule has 4 heteroatoms. The fourth-order valence-electron chi connectivity index (χ4n) is 0.453. The van der Waals surface area contributed by atoms with Crippen molar-refractivity contribution in [3.63, 3.8) is 0 Å². The van der Waals surface area contributed by atoms with Crippen LogP contribution in [0.1, 0.15) is 0 Å². The molecule has 1 rings (SSSR count). The van der Waals surface area contributed by atoms with E-state index in [2.05, 4.69) is 4.74 Å². The second kappa shape index (κ2) is 3.08. The van der Waals surface area contributed by atoms with Gasteiger partial charge in [-0.05, 0) is 0 Å². The zero-order chi connectivity index (χ0) is 6.69. The molecule has 1 saturated heterocycles. The largest absolute Gasteiger partial charge is 0.373 e. The van der Waals surface area contributed by atoms with Gasteiger partial charge in [0.1, 0.15) is 12.7 Å². The average Bonchev–Trinajstić information content (AvgIpc) is 2.48. The highest BCUT2D eigenvalue weighted by molar-refractivity contribution is 4.66. The topological polar surface area (TPSA) is 21.8 Å². The summed E-state index contributed by atoms with van der Waals surface area (Å²) in [6.07, 6.45) is -2.27. The number of halogens is 2. The molecule has 0 aliphatic carbocycles. The van der Waals surface area contributed by atoms with Gasteiger partial charge in [0, 0.05) is 0 Å². The summed E-state index contributed by atoms with van der Waals surface area (Å²) in [7, 11) is 0. The van der Waals surface area contributed by atoms with Gasteiger partial charge in [0.15, 0.2) is 0 Å². The molecule has 0 saturated carbocycles. The molecule has 0 aromatic heterocycles. The average molecular weight is 138 g/mol. The van der Waals surface area contributed by atoms with Crippen LogP contribution in [0, 0.1) is 0 Å². The number of alkyl halides is 2. The van der Waals surface area contributed by atoms with Gasteiger partial charge in [-0.25, -0.2) is 8.78 Å². The Hall–Kier alpha value is -0.220. The fraction of sp³-hybridized carbons (Fsp3) is 1.00. The first-order valence-corrected chi connectivity index (χ1v) is 2.76. The second-order valence-electron chi connectivity index (χ2n) is 1.88. The van der Waals surface area contributed by atoms with Crippen molar-refractivity contribution >= 4 is 0 Å². The molecule has 9 heavy (non-hydrogen) atoms. The molecule has 0 aromatic carbocycles. The van der Waals surface area contributed by atoms with E-state index in [1.807, 2.05) is 0 Å². The Bertz CT molecular complexity index is 81.0. The van der Waals surface area contributed by atoms with Crippen molar-refractivity contribution in [2.24, 2.45) is 0 Å². The van der Waals surface area contributed by atoms with Crippen LogP contribution in [-0.4, -0.2) is 32.4 Å². The Morgan fingerprint density at radius 3 is 2.78 bits per heavy atom. The van der Waals surface area contributed by atoms with E-state index in [4.69, 9.17) is 4.74 Å². The van der Waals surface area contributed by atoms with Gasteiger partial charge in [-0.1, -0.05) is 0 Å². The summed E-state index contributed by atoms with van der Waals surface area (Å²) in [6.45, 7) is 0.493. The van der Waals surface area contributed by atoms with Crippen molar-refractivity contribution in [2.75, 3.05) is 19.8 Å². The van der Waals surface area contributed by atoms with Crippen molar-refractivity contribution in [1.29, 1.82) is 0 Å². The van der Waals surface area contributed by atoms with Crippen LogP contribution >= 0.6 is 0 Å². The fourth-order valence-corrected chi connectivity index (χ4v) is 0.453. The summed E-state index contributed by atoms with van der Waals surface area (Å²) in [5, 5.41) is 0. The van der Waals surface area contributed by atoms with E-state index in [-0.39, 0.29) is 6.10 Å². The van der Waals surface area contributed by atoms with Crippen LogP contribution in [0.25, 0.3) is 0 Å². The summed E-state index contributed by atoms with van der Waals surface area (Å²) in [5.74, 6) is 0. The lowest BCUT2D eigenvalue weighted by atomic mass is 10.5. The van der Waals surface area contributed by atoms with Crippen LogP contribution < -0.4 is 0 Å². The van der Waals surface area contributed by atoms with Gasteiger partial charge in [-0.3, -0.25) is 0 Å². The molecule has 1 fully saturated rings. The SMILES string of the molecule is FC(F)COCC1CO1. The third kappa shape index (κ3) is 3.37. The molecule has 0 amide bonds. The highest BCUT2D eigenvalue weighted by Gasteiger charge is 2.22. The summed E-state index contributed by atoms with van der Waals surface area (Å²) in [6, 6.07) is 0. The number of ether oxygens (including phenoxy) is 2. The third-order valence-electron chi connectivity index (χ3n) is 0.950. The third-order valence-corrected chi connectivity index (χ3v) is 0.950. The second-order valence-corrected chi connectivity index (χ2v) is 1.88. The normalized spacial score (nSPS) is 25.0. The molecule has 1 atom stereocenters. The van der Waals surface area contributed by atoms with Crippen LogP contribution in [0.4, 0.5) is 8.78 Å². The molecule has 2 nitrogen and oxygen atoms in total. The Morgan fingerprint density at radius 1 is 1.67 bits per heavy atom. The van der Waals surface area contributed by atoms with Gasteiger partial charge in [0.2, 0.25) is 0 Å². The zero-order valence-electron chi connectivity index (χ0n) is 4.85. The molecule has 1 unspecified atom stereocenters. The molecule has 1 heterocycles. The highest BCUT2D eigenvalue weighted by atomic mass is 19.3. The lowest BCUT2D eigenvalue weighted by Crippen LogP contribution is -2.08. The van der Waals surface area contributed by atoms with E-state index in [1.165, 1.54) is 0 Å². The molecular weight excluding hydrogens is 130 g/mol. The minimum absolute atomic E-state index is 0.0868. The first-order chi connectivity index (χ1) is 4.29. The van der Waals surface area contributed by atoms with Gasteiger partial charge in [0.05, 0.1) is 13.2 Å². The molecule has 0 bridgehead atoms. The predicted octanol–water partition coefficient (Wildman–Crippen LogP) is 0.667. The van der Waals surface area contributed by atoms with Gasteiger partial charge in [-0.2, -0.15) is 0 Å². The first kappa shape index (κ1) is 6.89. The molecule has 1 aliphatic heterocycles. The van der Waals surface area contributed by atoms with E-state index >= 15 is 0 Å². The van der Waals surface area contributed by atoms with E-state index in [0.29, 0.717) is 13.2 Å². The molecule has 1 aliphatic rings. The quantitative estimate of drug-likeness (QED) is 0.532. The minimum atomic E-state index is -2.36. The van der Waals surface area contributed by atoms with Crippen molar-refractivity contribution in [3.05, 3.63) is 0 Å². The first-order valence-electron chi connectivity index (χ1n) is 2.76. The summed E-state index contributed by atoms with van der Waals surface area (Å²) in [4.78, 5) is 0. The summed E-state index contributed by atoms with van der Waals surface area (Å²) < 4.78 is 31.9. The molecule has 0 N–H and O–H groups in total. The summed E-state index contributed by atoms with van der Waals surface area (Å²) >= 11 is 0. The van der Waals surface area contributed by atoms with Crippen molar-refractivity contribution in [2.45, 2.75) is 12.5 Å². The molecule has 0 radical (unpaired) electrons. The van der Waals surface area contributed by atoms with Crippen LogP contribution in [-0.2, 0) is 9.47 Å². The van der Waals surface area contributed by atoms with Crippen LogP contribution in [0.3, 0.4) is 0 Å². The van der Waals surface area contributed by atoms with Crippen LogP contribution in [0.15, 0.2) is 0 Å². The Balaban J connectivity index is 1.81. The Morgan fingerprint density at radius 2 is 2.33 bits per heavy atom. The van der Waals surface area contributed by atoms with E-state index in [9.17, 15) is 8.78 Å². The van der Waals surface area contributed by atoms with E-state index in [0.717, 1.165) is 0 Å². The maximum absolute atomic E-state index is 11.3.